The Labute approximate surface area is 193 Å². The molecule has 1 unspecified atom stereocenters. The molecule has 1 saturated heterocycles. The lowest BCUT2D eigenvalue weighted by Gasteiger charge is -2.31. The Morgan fingerprint density at radius 2 is 1.73 bits per heavy atom. The van der Waals surface area contributed by atoms with Gasteiger partial charge in [-0.25, -0.2) is 4.79 Å². The van der Waals surface area contributed by atoms with Gasteiger partial charge in [0.1, 0.15) is 6.61 Å². The van der Waals surface area contributed by atoms with Gasteiger partial charge in [-0.15, -0.1) is 0 Å². The van der Waals surface area contributed by atoms with Crippen LogP contribution in [-0.2, 0) is 14.3 Å². The maximum Gasteiger partial charge on any atom is 0.407 e. The van der Waals surface area contributed by atoms with Crippen LogP contribution in [0.5, 0.6) is 0 Å². The second kappa shape index (κ2) is 10.1. The number of carboxylic acid groups (broad SMARTS) is 1. The first-order valence-corrected chi connectivity index (χ1v) is 11.6. The molecule has 33 heavy (non-hydrogen) atoms. The van der Waals surface area contributed by atoms with Crippen molar-refractivity contribution in [3.05, 3.63) is 59.7 Å². The number of amides is 2. The number of fused-ring (bicyclic) bond motifs is 3. The summed E-state index contributed by atoms with van der Waals surface area (Å²) >= 11 is 0. The molecule has 1 aliphatic carbocycles. The molecule has 2 amide bonds. The van der Waals surface area contributed by atoms with Crippen molar-refractivity contribution >= 4 is 18.0 Å². The highest BCUT2D eigenvalue weighted by molar-refractivity contribution is 5.80. The van der Waals surface area contributed by atoms with Gasteiger partial charge in [-0.2, -0.15) is 0 Å². The Bertz CT molecular complexity index is 991. The van der Waals surface area contributed by atoms with Crippen LogP contribution in [0.3, 0.4) is 0 Å². The first kappa shape index (κ1) is 22.8. The summed E-state index contributed by atoms with van der Waals surface area (Å²) in [5.41, 5.74) is 4.62. The summed E-state index contributed by atoms with van der Waals surface area (Å²) in [5.74, 6) is -1.54. The monoisotopic (exact) mass is 450 g/mol. The molecule has 1 fully saturated rings. The summed E-state index contributed by atoms with van der Waals surface area (Å²) in [7, 11) is 0. The summed E-state index contributed by atoms with van der Waals surface area (Å²) in [4.78, 5) is 38.1. The number of hydrogen-bond donors (Lipinski definition) is 2. The number of benzene rings is 2. The minimum absolute atomic E-state index is 0.0221. The van der Waals surface area contributed by atoms with E-state index in [9.17, 15) is 19.5 Å². The third-order valence-corrected chi connectivity index (χ3v) is 6.70. The van der Waals surface area contributed by atoms with Crippen molar-refractivity contribution in [3.63, 3.8) is 0 Å². The van der Waals surface area contributed by atoms with E-state index in [0.29, 0.717) is 25.8 Å². The standard InChI is InChI=1S/C26H30N2O5/c1-2-18(14-24(29)28-13-7-8-17(15-28)25(30)31)27-26(32)33-16-23-21-11-5-3-9-19(21)20-10-4-6-12-22(20)23/h3-6,9-12,17-18,23H,2,7-8,13-16H2,1H3,(H,27,32)(H,30,31)/t17?,18-/m1/s1. The predicted molar refractivity (Wildman–Crippen MR) is 124 cm³/mol. The van der Waals surface area contributed by atoms with E-state index >= 15 is 0 Å². The fourth-order valence-corrected chi connectivity index (χ4v) is 4.85. The lowest BCUT2D eigenvalue weighted by atomic mass is 9.97. The van der Waals surface area contributed by atoms with Gasteiger partial charge in [0.15, 0.2) is 0 Å². The van der Waals surface area contributed by atoms with Gasteiger partial charge in [0.05, 0.1) is 5.92 Å². The summed E-state index contributed by atoms with van der Waals surface area (Å²) < 4.78 is 5.59. The molecule has 2 atom stereocenters. The number of carbonyl (C=O) groups excluding carboxylic acids is 2. The highest BCUT2D eigenvalue weighted by Gasteiger charge is 2.31. The van der Waals surface area contributed by atoms with Crippen LogP contribution in [-0.4, -0.2) is 53.7 Å². The molecule has 0 bridgehead atoms. The Morgan fingerprint density at radius 3 is 2.33 bits per heavy atom. The second-order valence-corrected chi connectivity index (χ2v) is 8.80. The minimum Gasteiger partial charge on any atom is -0.481 e. The van der Waals surface area contributed by atoms with E-state index in [1.165, 1.54) is 11.1 Å². The van der Waals surface area contributed by atoms with Crippen LogP contribution in [0.25, 0.3) is 11.1 Å². The third kappa shape index (κ3) is 5.02. The molecule has 7 heteroatoms. The number of piperidine rings is 1. The van der Waals surface area contributed by atoms with Gasteiger partial charge in [0, 0.05) is 31.5 Å². The van der Waals surface area contributed by atoms with E-state index in [1.54, 1.807) is 4.90 Å². The summed E-state index contributed by atoms with van der Waals surface area (Å²) in [6.07, 6.45) is 1.44. The van der Waals surface area contributed by atoms with Crippen molar-refractivity contribution in [2.75, 3.05) is 19.7 Å². The van der Waals surface area contributed by atoms with Gasteiger partial charge < -0.3 is 20.1 Å². The zero-order valence-corrected chi connectivity index (χ0v) is 18.8. The molecule has 2 aromatic rings. The van der Waals surface area contributed by atoms with Crippen LogP contribution in [0.15, 0.2) is 48.5 Å². The number of hydrogen-bond acceptors (Lipinski definition) is 4. The number of ether oxygens (including phenoxy) is 1. The summed E-state index contributed by atoms with van der Waals surface area (Å²) in [6, 6.07) is 15.9. The van der Waals surface area contributed by atoms with E-state index in [4.69, 9.17) is 4.74 Å². The minimum atomic E-state index is -0.865. The zero-order valence-electron chi connectivity index (χ0n) is 18.8. The topological polar surface area (TPSA) is 95.9 Å². The molecule has 1 aliphatic heterocycles. The van der Waals surface area contributed by atoms with Gasteiger partial charge in [0.2, 0.25) is 5.91 Å². The van der Waals surface area contributed by atoms with Crippen molar-refractivity contribution in [2.45, 2.75) is 44.6 Å². The van der Waals surface area contributed by atoms with E-state index in [1.807, 2.05) is 31.2 Å². The van der Waals surface area contributed by atoms with Crippen LogP contribution in [0.1, 0.15) is 49.7 Å². The number of carbonyl (C=O) groups is 3. The zero-order chi connectivity index (χ0) is 23.4. The average Bonchev–Trinajstić information content (AvgIpc) is 3.16. The van der Waals surface area contributed by atoms with Crippen molar-refractivity contribution in [2.24, 2.45) is 5.92 Å². The molecule has 1 heterocycles. The van der Waals surface area contributed by atoms with Crippen molar-refractivity contribution < 1.29 is 24.2 Å². The number of carboxylic acids is 1. The first-order valence-electron chi connectivity index (χ1n) is 11.6. The van der Waals surface area contributed by atoms with Gasteiger partial charge in [-0.05, 0) is 41.5 Å². The average molecular weight is 451 g/mol. The van der Waals surface area contributed by atoms with Crippen molar-refractivity contribution in [1.82, 2.24) is 10.2 Å². The van der Waals surface area contributed by atoms with E-state index in [-0.39, 0.29) is 37.4 Å². The molecule has 0 saturated carbocycles. The lowest BCUT2D eigenvalue weighted by molar-refractivity contribution is -0.145. The quantitative estimate of drug-likeness (QED) is 0.664. The molecule has 0 aromatic heterocycles. The normalized spacial score (nSPS) is 18.2. The number of nitrogens with one attached hydrogen (secondary N) is 1. The molecule has 0 radical (unpaired) electrons. The van der Waals surface area contributed by atoms with Gasteiger partial charge in [-0.1, -0.05) is 55.5 Å². The molecule has 0 spiro atoms. The van der Waals surface area contributed by atoms with Crippen LogP contribution >= 0.6 is 0 Å². The molecule has 2 aliphatic rings. The number of aliphatic carboxylic acids is 1. The first-order chi connectivity index (χ1) is 16.0. The maximum absolute atomic E-state index is 12.7. The van der Waals surface area contributed by atoms with Gasteiger partial charge >= 0.3 is 12.1 Å². The van der Waals surface area contributed by atoms with E-state index < -0.39 is 18.0 Å². The fourth-order valence-electron chi connectivity index (χ4n) is 4.85. The number of rotatable bonds is 7. The molecular weight excluding hydrogens is 420 g/mol. The Kier molecular flexibility index (Phi) is 6.96. The Morgan fingerprint density at radius 1 is 1.09 bits per heavy atom. The molecule has 2 aromatic carbocycles. The molecule has 174 valence electrons. The SMILES string of the molecule is CC[C@H](CC(=O)N1CCCC(C(=O)O)C1)NC(=O)OCC1c2ccccc2-c2ccccc21. The number of alkyl carbamates (subject to hydrolysis) is 1. The predicted octanol–water partition coefficient (Wildman–Crippen LogP) is 4.02. The van der Waals surface area contributed by atoms with Crippen LogP contribution in [0.4, 0.5) is 4.79 Å². The maximum atomic E-state index is 12.7. The van der Waals surface area contributed by atoms with Gasteiger partial charge in [-0.3, -0.25) is 9.59 Å². The van der Waals surface area contributed by atoms with Crippen molar-refractivity contribution in [3.8, 4) is 11.1 Å². The van der Waals surface area contributed by atoms with Crippen LogP contribution in [0, 0.1) is 5.92 Å². The fraction of sp³-hybridized carbons (Fsp3) is 0.423. The molecular formula is C26H30N2O5. The van der Waals surface area contributed by atoms with E-state index in [2.05, 4.69) is 29.6 Å². The summed E-state index contributed by atoms with van der Waals surface area (Å²) in [5, 5.41) is 12.1. The molecule has 7 nitrogen and oxygen atoms in total. The third-order valence-electron chi connectivity index (χ3n) is 6.70. The van der Waals surface area contributed by atoms with E-state index in [0.717, 1.165) is 11.1 Å². The lowest BCUT2D eigenvalue weighted by Crippen LogP contribution is -2.45. The van der Waals surface area contributed by atoms with Crippen LogP contribution < -0.4 is 5.32 Å². The highest BCUT2D eigenvalue weighted by atomic mass is 16.5. The Balaban J connectivity index is 1.33. The number of nitrogens with zero attached hydrogens (tertiary/aromatic N) is 1. The highest BCUT2D eigenvalue weighted by Crippen LogP contribution is 2.44. The summed E-state index contributed by atoms with van der Waals surface area (Å²) in [6.45, 7) is 2.91. The Hall–Kier alpha value is -3.35. The van der Waals surface area contributed by atoms with Crippen LogP contribution in [0.2, 0.25) is 0 Å². The van der Waals surface area contributed by atoms with Crippen molar-refractivity contribution in [1.29, 1.82) is 0 Å². The largest absolute Gasteiger partial charge is 0.481 e. The van der Waals surface area contributed by atoms with Gasteiger partial charge in [0.25, 0.3) is 0 Å². The number of likely N-dealkylation sites (tertiary alicyclic amines) is 1. The second-order valence-electron chi connectivity index (χ2n) is 8.80. The smallest absolute Gasteiger partial charge is 0.407 e. The molecule has 4 rings (SSSR count). The molecule has 2 N–H and O–H groups in total.